The fourth-order valence-corrected chi connectivity index (χ4v) is 1.56. The van der Waals surface area contributed by atoms with E-state index in [0.717, 1.165) is 11.3 Å². The lowest BCUT2D eigenvalue weighted by Gasteiger charge is -2.07. The van der Waals surface area contributed by atoms with Gasteiger partial charge in [0.2, 0.25) is 5.91 Å². The number of ether oxygens (including phenoxy) is 2. The summed E-state index contributed by atoms with van der Waals surface area (Å²) in [4.78, 5) is 22.4. The van der Waals surface area contributed by atoms with Gasteiger partial charge in [-0.1, -0.05) is 12.1 Å². The lowest BCUT2D eigenvalue weighted by Crippen LogP contribution is -2.35. The summed E-state index contributed by atoms with van der Waals surface area (Å²) in [6.45, 7) is 3.24. The Bertz CT molecular complexity index is 431. The van der Waals surface area contributed by atoms with Gasteiger partial charge in [-0.25, -0.2) is 4.79 Å². The van der Waals surface area contributed by atoms with Crippen LogP contribution in [-0.2, 0) is 16.0 Å². The third-order valence-electron chi connectivity index (χ3n) is 2.50. The van der Waals surface area contributed by atoms with Gasteiger partial charge in [0.05, 0.1) is 20.1 Å². The smallest absolute Gasteiger partial charge is 0.406 e. The van der Waals surface area contributed by atoms with Crippen molar-refractivity contribution < 1.29 is 19.1 Å². The Morgan fingerprint density at radius 3 is 2.35 bits per heavy atom. The molecule has 0 spiro atoms. The van der Waals surface area contributed by atoms with E-state index in [9.17, 15) is 9.59 Å². The number of hydrogen-bond acceptors (Lipinski definition) is 4. The summed E-state index contributed by atoms with van der Waals surface area (Å²) in [5, 5.41) is 5.19. The van der Waals surface area contributed by atoms with Gasteiger partial charge in [-0.3, -0.25) is 4.79 Å². The molecule has 0 saturated carbocycles. The Morgan fingerprint density at radius 2 is 1.75 bits per heavy atom. The third-order valence-corrected chi connectivity index (χ3v) is 2.50. The summed E-state index contributed by atoms with van der Waals surface area (Å²) in [5.41, 5.74) is 0.909. The summed E-state index contributed by atoms with van der Waals surface area (Å²) in [6, 6.07) is 7.39. The van der Waals surface area contributed by atoms with Crippen molar-refractivity contribution in [3.8, 4) is 5.75 Å². The summed E-state index contributed by atoms with van der Waals surface area (Å²) in [6.07, 6.45) is -0.212. The topological polar surface area (TPSA) is 76.7 Å². The van der Waals surface area contributed by atoms with E-state index in [0.29, 0.717) is 26.1 Å². The molecule has 1 rings (SSSR count). The van der Waals surface area contributed by atoms with Gasteiger partial charge in [-0.05, 0) is 24.6 Å². The molecule has 0 aliphatic rings. The molecule has 0 bridgehead atoms. The van der Waals surface area contributed by atoms with Gasteiger partial charge in [-0.2, -0.15) is 0 Å². The second-order valence-electron chi connectivity index (χ2n) is 4.02. The van der Waals surface area contributed by atoms with Crippen LogP contribution in [0.15, 0.2) is 24.3 Å². The SMILES string of the molecule is CCOc1ccc(CC(=O)NCCNC(=O)OC)cc1. The number of methoxy groups -OCH3 is 1. The van der Waals surface area contributed by atoms with Crippen LogP contribution in [0.25, 0.3) is 0 Å². The maximum absolute atomic E-state index is 11.7. The standard InChI is InChI=1S/C14H20N2O4/c1-3-20-12-6-4-11(5-7-12)10-13(17)15-8-9-16-14(18)19-2/h4-7H,3,8-10H2,1-2H3,(H,15,17)(H,16,18). The molecule has 0 fully saturated rings. The van der Waals surface area contributed by atoms with Crippen LogP contribution in [0.5, 0.6) is 5.75 Å². The normalized spacial score (nSPS) is 9.70. The van der Waals surface area contributed by atoms with Crippen LogP contribution in [0.4, 0.5) is 4.79 Å². The first-order valence-corrected chi connectivity index (χ1v) is 6.46. The molecule has 0 saturated heterocycles. The molecule has 0 aromatic heterocycles. The molecule has 6 heteroatoms. The predicted molar refractivity (Wildman–Crippen MR) is 74.7 cm³/mol. The highest BCUT2D eigenvalue weighted by molar-refractivity contribution is 5.78. The van der Waals surface area contributed by atoms with Crippen molar-refractivity contribution in [3.05, 3.63) is 29.8 Å². The minimum atomic E-state index is -0.509. The Morgan fingerprint density at radius 1 is 1.10 bits per heavy atom. The Labute approximate surface area is 118 Å². The number of nitrogens with one attached hydrogen (secondary N) is 2. The van der Waals surface area contributed by atoms with Crippen molar-refractivity contribution in [1.29, 1.82) is 0 Å². The van der Waals surface area contributed by atoms with Gasteiger partial charge in [0, 0.05) is 13.1 Å². The first-order chi connectivity index (χ1) is 9.65. The third kappa shape index (κ3) is 6.08. The van der Waals surface area contributed by atoms with Crippen molar-refractivity contribution in [2.75, 3.05) is 26.8 Å². The number of alkyl carbamates (subject to hydrolysis) is 1. The summed E-state index contributed by atoms with van der Waals surface area (Å²) in [5.74, 6) is 0.694. The van der Waals surface area contributed by atoms with Crippen LogP contribution in [-0.4, -0.2) is 38.8 Å². The van der Waals surface area contributed by atoms with Crippen molar-refractivity contribution in [1.82, 2.24) is 10.6 Å². The largest absolute Gasteiger partial charge is 0.494 e. The van der Waals surface area contributed by atoms with E-state index in [2.05, 4.69) is 15.4 Å². The molecular formula is C14H20N2O4. The highest BCUT2D eigenvalue weighted by atomic mass is 16.5. The quantitative estimate of drug-likeness (QED) is 0.733. The van der Waals surface area contributed by atoms with E-state index in [-0.39, 0.29) is 5.91 Å². The lowest BCUT2D eigenvalue weighted by molar-refractivity contribution is -0.120. The first kappa shape index (κ1) is 15.8. The van der Waals surface area contributed by atoms with Gasteiger partial charge in [0.15, 0.2) is 0 Å². The second-order valence-corrected chi connectivity index (χ2v) is 4.02. The maximum atomic E-state index is 11.7. The van der Waals surface area contributed by atoms with Crippen LogP contribution < -0.4 is 15.4 Å². The molecule has 0 heterocycles. The van der Waals surface area contributed by atoms with Gasteiger partial charge >= 0.3 is 6.09 Å². The molecule has 2 amide bonds. The number of carbonyl (C=O) groups is 2. The van der Waals surface area contributed by atoms with Crippen molar-refractivity contribution >= 4 is 12.0 Å². The molecule has 6 nitrogen and oxygen atoms in total. The molecule has 2 N–H and O–H groups in total. The van der Waals surface area contributed by atoms with E-state index in [4.69, 9.17) is 4.74 Å². The number of amides is 2. The minimum Gasteiger partial charge on any atom is -0.494 e. The molecule has 0 radical (unpaired) electrons. The molecule has 110 valence electrons. The minimum absolute atomic E-state index is 0.0965. The summed E-state index contributed by atoms with van der Waals surface area (Å²) in [7, 11) is 1.29. The number of carbonyl (C=O) groups excluding carboxylic acids is 2. The highest BCUT2D eigenvalue weighted by Gasteiger charge is 2.04. The molecule has 20 heavy (non-hydrogen) atoms. The molecule has 1 aromatic carbocycles. The van der Waals surface area contributed by atoms with E-state index in [1.165, 1.54) is 7.11 Å². The average molecular weight is 280 g/mol. The zero-order valence-electron chi connectivity index (χ0n) is 11.8. The van der Waals surface area contributed by atoms with Gasteiger partial charge < -0.3 is 20.1 Å². The summed E-state index contributed by atoms with van der Waals surface area (Å²) < 4.78 is 9.74. The van der Waals surface area contributed by atoms with Crippen LogP contribution in [0.1, 0.15) is 12.5 Å². The van der Waals surface area contributed by atoms with Gasteiger partial charge in [0.1, 0.15) is 5.75 Å². The molecule has 0 unspecified atom stereocenters. The highest BCUT2D eigenvalue weighted by Crippen LogP contribution is 2.12. The number of benzene rings is 1. The van der Waals surface area contributed by atoms with Gasteiger partial charge in [-0.15, -0.1) is 0 Å². The van der Waals surface area contributed by atoms with E-state index in [1.807, 2.05) is 31.2 Å². The van der Waals surface area contributed by atoms with E-state index >= 15 is 0 Å². The van der Waals surface area contributed by atoms with Crippen LogP contribution >= 0.6 is 0 Å². The fourth-order valence-electron chi connectivity index (χ4n) is 1.56. The van der Waals surface area contributed by atoms with Crippen molar-refractivity contribution in [2.24, 2.45) is 0 Å². The second kappa shape index (κ2) is 8.79. The molecule has 1 aromatic rings. The zero-order valence-corrected chi connectivity index (χ0v) is 11.8. The summed E-state index contributed by atoms with van der Waals surface area (Å²) >= 11 is 0. The van der Waals surface area contributed by atoms with Crippen molar-refractivity contribution in [3.63, 3.8) is 0 Å². The molecule has 0 atom stereocenters. The number of rotatable bonds is 7. The van der Waals surface area contributed by atoms with Crippen LogP contribution in [0.2, 0.25) is 0 Å². The Hall–Kier alpha value is -2.24. The van der Waals surface area contributed by atoms with Crippen LogP contribution in [0.3, 0.4) is 0 Å². The zero-order chi connectivity index (χ0) is 14.8. The predicted octanol–water partition coefficient (Wildman–Crippen LogP) is 1.10. The monoisotopic (exact) mass is 280 g/mol. The molecular weight excluding hydrogens is 260 g/mol. The molecule has 0 aliphatic heterocycles. The first-order valence-electron chi connectivity index (χ1n) is 6.46. The van der Waals surface area contributed by atoms with E-state index < -0.39 is 6.09 Å². The lowest BCUT2D eigenvalue weighted by atomic mass is 10.1. The molecule has 0 aliphatic carbocycles. The maximum Gasteiger partial charge on any atom is 0.406 e. The Balaban J connectivity index is 2.26. The van der Waals surface area contributed by atoms with E-state index in [1.54, 1.807) is 0 Å². The number of hydrogen-bond donors (Lipinski definition) is 2. The van der Waals surface area contributed by atoms with Crippen LogP contribution in [0, 0.1) is 0 Å². The van der Waals surface area contributed by atoms with Crippen molar-refractivity contribution in [2.45, 2.75) is 13.3 Å². The Kier molecular flexibility index (Phi) is 6.95. The van der Waals surface area contributed by atoms with Gasteiger partial charge in [0.25, 0.3) is 0 Å². The fraction of sp³-hybridized carbons (Fsp3) is 0.429. The average Bonchev–Trinajstić information content (AvgIpc) is 2.45.